The van der Waals surface area contributed by atoms with Gasteiger partial charge in [0, 0.05) is 0 Å². The Morgan fingerprint density at radius 2 is 1.42 bits per heavy atom. The molecule has 0 saturated carbocycles. The largest absolute Gasteiger partial charge is 0.377 e. The first-order chi connectivity index (χ1) is 9.45. The summed E-state index contributed by atoms with van der Waals surface area (Å²) in [5, 5.41) is 1.81. The zero-order valence-electron chi connectivity index (χ0n) is 11.1. The van der Waals surface area contributed by atoms with E-state index in [4.69, 9.17) is 19.0 Å². The quantitative estimate of drug-likeness (QED) is 0.811. The predicted molar refractivity (Wildman–Crippen MR) is 70.4 cm³/mol. The van der Waals surface area contributed by atoms with E-state index in [9.17, 15) is 0 Å². The molecule has 1 heterocycles. The SMILES string of the molecule is c1ccc(CN2COCCOCCOCCO2)cc1. The smallest absolute Gasteiger partial charge is 0.122 e. The van der Waals surface area contributed by atoms with Crippen LogP contribution in [-0.2, 0) is 25.6 Å². The molecule has 0 bridgehead atoms. The lowest BCUT2D eigenvalue weighted by molar-refractivity contribution is -0.226. The van der Waals surface area contributed by atoms with E-state index in [2.05, 4.69) is 12.1 Å². The Morgan fingerprint density at radius 1 is 0.789 bits per heavy atom. The molecule has 1 saturated heterocycles. The van der Waals surface area contributed by atoms with Gasteiger partial charge in [0.2, 0.25) is 0 Å². The fourth-order valence-corrected chi connectivity index (χ4v) is 1.75. The second kappa shape index (κ2) is 9.01. The first-order valence-corrected chi connectivity index (χ1v) is 6.60. The topological polar surface area (TPSA) is 40.2 Å². The van der Waals surface area contributed by atoms with Gasteiger partial charge in [0.05, 0.1) is 46.2 Å². The van der Waals surface area contributed by atoms with Crippen LogP contribution >= 0.6 is 0 Å². The highest BCUT2D eigenvalue weighted by Gasteiger charge is 2.07. The normalized spacial score (nSPS) is 20.4. The highest BCUT2D eigenvalue weighted by atomic mass is 16.7. The van der Waals surface area contributed by atoms with Crippen molar-refractivity contribution in [1.29, 1.82) is 0 Å². The van der Waals surface area contributed by atoms with Crippen LogP contribution in [0.15, 0.2) is 30.3 Å². The van der Waals surface area contributed by atoms with Crippen LogP contribution in [0.25, 0.3) is 0 Å². The maximum absolute atomic E-state index is 5.66. The molecular formula is C14H21NO4. The minimum atomic E-state index is 0.429. The third-order valence-corrected chi connectivity index (χ3v) is 2.68. The van der Waals surface area contributed by atoms with Gasteiger partial charge in [-0.25, -0.2) is 0 Å². The fourth-order valence-electron chi connectivity index (χ4n) is 1.75. The number of hydroxylamine groups is 2. The summed E-state index contributed by atoms with van der Waals surface area (Å²) in [5.41, 5.74) is 1.19. The molecule has 0 amide bonds. The van der Waals surface area contributed by atoms with Crippen LogP contribution in [0.4, 0.5) is 0 Å². The highest BCUT2D eigenvalue weighted by molar-refractivity contribution is 5.13. The summed E-state index contributed by atoms with van der Waals surface area (Å²) >= 11 is 0. The zero-order chi connectivity index (χ0) is 13.2. The molecule has 0 N–H and O–H groups in total. The summed E-state index contributed by atoms with van der Waals surface area (Å²) < 4.78 is 16.3. The summed E-state index contributed by atoms with van der Waals surface area (Å²) in [6.45, 7) is 4.57. The second-order valence-corrected chi connectivity index (χ2v) is 4.22. The van der Waals surface area contributed by atoms with Crippen molar-refractivity contribution in [3.05, 3.63) is 35.9 Å². The van der Waals surface area contributed by atoms with Crippen LogP contribution < -0.4 is 0 Å². The van der Waals surface area contributed by atoms with Crippen molar-refractivity contribution in [1.82, 2.24) is 5.06 Å². The summed E-state index contributed by atoms with van der Waals surface area (Å²) in [5.74, 6) is 0. The molecule has 0 aromatic heterocycles. The zero-order valence-corrected chi connectivity index (χ0v) is 11.1. The molecule has 0 spiro atoms. The molecule has 1 aromatic carbocycles. The first kappa shape index (κ1) is 14.4. The highest BCUT2D eigenvalue weighted by Crippen LogP contribution is 2.05. The number of benzene rings is 1. The number of ether oxygens (including phenoxy) is 3. The fraction of sp³-hybridized carbons (Fsp3) is 0.571. The van der Waals surface area contributed by atoms with Gasteiger partial charge < -0.3 is 14.2 Å². The Labute approximate surface area is 114 Å². The Bertz CT molecular complexity index is 321. The van der Waals surface area contributed by atoms with Gasteiger partial charge in [0.1, 0.15) is 6.73 Å². The van der Waals surface area contributed by atoms with Gasteiger partial charge in [-0.3, -0.25) is 4.84 Å². The van der Waals surface area contributed by atoms with E-state index >= 15 is 0 Å². The lowest BCUT2D eigenvalue weighted by atomic mass is 10.2. The number of hydrogen-bond donors (Lipinski definition) is 0. The Balaban J connectivity index is 1.81. The minimum absolute atomic E-state index is 0.429. The van der Waals surface area contributed by atoms with Crippen molar-refractivity contribution >= 4 is 0 Å². The molecular weight excluding hydrogens is 246 g/mol. The van der Waals surface area contributed by atoms with Gasteiger partial charge in [-0.05, 0) is 5.56 Å². The molecule has 1 aliphatic heterocycles. The Morgan fingerprint density at radius 3 is 2.16 bits per heavy atom. The molecule has 106 valence electrons. The molecule has 1 aromatic rings. The Hall–Kier alpha value is -0.980. The molecule has 19 heavy (non-hydrogen) atoms. The van der Waals surface area contributed by atoms with Crippen LogP contribution in [0, 0.1) is 0 Å². The van der Waals surface area contributed by atoms with Gasteiger partial charge in [0.15, 0.2) is 0 Å². The van der Waals surface area contributed by atoms with E-state index < -0.39 is 0 Å². The van der Waals surface area contributed by atoms with Crippen LogP contribution in [0.2, 0.25) is 0 Å². The van der Waals surface area contributed by atoms with Crippen molar-refractivity contribution in [2.24, 2.45) is 0 Å². The number of rotatable bonds is 2. The average Bonchev–Trinajstić information content (AvgIpc) is 2.43. The standard InChI is InChI=1S/C14H21NO4/c1-2-4-14(5-3-1)12-15-13-18-9-8-16-6-7-17-10-11-19-15/h1-5H,6-13H2. The minimum Gasteiger partial charge on any atom is -0.377 e. The summed E-state index contributed by atoms with van der Waals surface area (Å²) in [6.07, 6.45) is 0. The van der Waals surface area contributed by atoms with Crippen LogP contribution in [0.5, 0.6) is 0 Å². The van der Waals surface area contributed by atoms with E-state index in [1.807, 2.05) is 18.2 Å². The summed E-state index contributed by atoms with van der Waals surface area (Å²) in [6, 6.07) is 10.2. The molecule has 5 heteroatoms. The van der Waals surface area contributed by atoms with Gasteiger partial charge in [-0.2, -0.15) is 5.06 Å². The van der Waals surface area contributed by atoms with Crippen molar-refractivity contribution in [2.45, 2.75) is 6.54 Å². The monoisotopic (exact) mass is 267 g/mol. The lowest BCUT2D eigenvalue weighted by Crippen LogP contribution is -2.29. The maximum Gasteiger partial charge on any atom is 0.122 e. The predicted octanol–water partition coefficient (Wildman–Crippen LogP) is 1.44. The van der Waals surface area contributed by atoms with Crippen molar-refractivity contribution in [2.75, 3.05) is 46.4 Å². The molecule has 0 atom stereocenters. The molecule has 0 radical (unpaired) electrons. The molecule has 0 unspecified atom stereocenters. The van der Waals surface area contributed by atoms with Crippen molar-refractivity contribution in [3.63, 3.8) is 0 Å². The average molecular weight is 267 g/mol. The Kier molecular flexibility index (Phi) is 6.84. The van der Waals surface area contributed by atoms with E-state index in [0.29, 0.717) is 52.9 Å². The summed E-state index contributed by atoms with van der Waals surface area (Å²) in [7, 11) is 0. The van der Waals surface area contributed by atoms with Crippen molar-refractivity contribution in [3.8, 4) is 0 Å². The van der Waals surface area contributed by atoms with Crippen LogP contribution in [0.1, 0.15) is 5.56 Å². The number of hydrogen-bond acceptors (Lipinski definition) is 5. The van der Waals surface area contributed by atoms with Gasteiger partial charge in [0.25, 0.3) is 0 Å². The van der Waals surface area contributed by atoms with Gasteiger partial charge in [-0.15, -0.1) is 0 Å². The van der Waals surface area contributed by atoms with Gasteiger partial charge >= 0.3 is 0 Å². The van der Waals surface area contributed by atoms with E-state index in [-0.39, 0.29) is 0 Å². The maximum atomic E-state index is 5.66. The van der Waals surface area contributed by atoms with Crippen LogP contribution in [0.3, 0.4) is 0 Å². The third-order valence-electron chi connectivity index (χ3n) is 2.68. The second-order valence-electron chi connectivity index (χ2n) is 4.22. The van der Waals surface area contributed by atoms with E-state index in [1.165, 1.54) is 5.56 Å². The van der Waals surface area contributed by atoms with E-state index in [0.717, 1.165) is 0 Å². The molecule has 5 nitrogen and oxygen atoms in total. The van der Waals surface area contributed by atoms with Crippen LogP contribution in [-0.4, -0.2) is 51.4 Å². The molecule has 1 fully saturated rings. The first-order valence-electron chi connectivity index (χ1n) is 6.60. The number of nitrogens with zero attached hydrogens (tertiary/aromatic N) is 1. The van der Waals surface area contributed by atoms with E-state index in [1.54, 1.807) is 5.06 Å². The third kappa shape index (κ3) is 6.13. The van der Waals surface area contributed by atoms with Crippen molar-refractivity contribution < 1.29 is 19.0 Å². The molecule has 1 aliphatic rings. The molecule has 2 rings (SSSR count). The summed E-state index contributed by atoms with van der Waals surface area (Å²) in [4.78, 5) is 5.66. The lowest BCUT2D eigenvalue weighted by Gasteiger charge is -2.22. The molecule has 0 aliphatic carbocycles. The van der Waals surface area contributed by atoms with Gasteiger partial charge in [-0.1, -0.05) is 30.3 Å².